The van der Waals surface area contributed by atoms with Crippen LogP contribution in [0.1, 0.15) is 35.2 Å². The van der Waals surface area contributed by atoms with Crippen molar-refractivity contribution in [2.75, 3.05) is 18.4 Å². The molecule has 1 heterocycles. The van der Waals surface area contributed by atoms with Crippen LogP contribution in [0.3, 0.4) is 0 Å². The SMILES string of the molecule is Cc1ccc(Cl)cc1NC(=O)c1ccccc1S(=O)(=O)N1CCCCC1. The van der Waals surface area contributed by atoms with E-state index in [0.717, 1.165) is 24.8 Å². The number of anilines is 1. The van der Waals surface area contributed by atoms with Gasteiger partial charge in [0.1, 0.15) is 0 Å². The molecule has 0 spiro atoms. The number of carbonyl (C=O) groups excluding carboxylic acids is 1. The number of carbonyl (C=O) groups is 1. The van der Waals surface area contributed by atoms with Gasteiger partial charge in [-0.2, -0.15) is 4.31 Å². The third-order valence-corrected chi connectivity index (χ3v) is 6.70. The number of rotatable bonds is 4. The minimum atomic E-state index is -3.70. The predicted octanol–water partition coefficient (Wildman–Crippen LogP) is 4.08. The van der Waals surface area contributed by atoms with Gasteiger partial charge in [-0.3, -0.25) is 4.79 Å². The largest absolute Gasteiger partial charge is 0.322 e. The second-order valence-electron chi connectivity index (χ2n) is 6.37. The number of sulfonamides is 1. The molecule has 0 unspecified atom stereocenters. The molecular formula is C19H21ClN2O3S. The first-order chi connectivity index (χ1) is 12.4. The van der Waals surface area contributed by atoms with E-state index in [2.05, 4.69) is 5.32 Å². The van der Waals surface area contributed by atoms with Crippen LogP contribution in [0.5, 0.6) is 0 Å². The number of amides is 1. The van der Waals surface area contributed by atoms with Gasteiger partial charge < -0.3 is 5.32 Å². The fourth-order valence-corrected chi connectivity index (χ4v) is 4.92. The molecule has 0 bridgehead atoms. The summed E-state index contributed by atoms with van der Waals surface area (Å²) >= 11 is 6.00. The quantitative estimate of drug-likeness (QED) is 0.852. The van der Waals surface area contributed by atoms with Crippen LogP contribution in [-0.2, 0) is 10.0 Å². The van der Waals surface area contributed by atoms with Gasteiger partial charge in [0.05, 0.1) is 10.5 Å². The smallest absolute Gasteiger partial charge is 0.257 e. The molecule has 1 amide bonds. The number of aryl methyl sites for hydroxylation is 1. The molecule has 0 atom stereocenters. The molecule has 2 aromatic carbocycles. The summed E-state index contributed by atoms with van der Waals surface area (Å²) < 4.78 is 27.5. The molecule has 26 heavy (non-hydrogen) atoms. The molecule has 1 aliphatic rings. The summed E-state index contributed by atoms with van der Waals surface area (Å²) in [6.45, 7) is 2.83. The van der Waals surface area contributed by atoms with Crippen molar-refractivity contribution in [3.63, 3.8) is 0 Å². The maximum Gasteiger partial charge on any atom is 0.257 e. The van der Waals surface area contributed by atoms with Crippen molar-refractivity contribution in [3.8, 4) is 0 Å². The first-order valence-corrected chi connectivity index (χ1v) is 10.4. The van der Waals surface area contributed by atoms with Crippen molar-refractivity contribution in [2.45, 2.75) is 31.1 Å². The lowest BCUT2D eigenvalue weighted by Crippen LogP contribution is -2.36. The molecule has 1 saturated heterocycles. The average molecular weight is 393 g/mol. The van der Waals surface area contributed by atoms with Gasteiger partial charge >= 0.3 is 0 Å². The van der Waals surface area contributed by atoms with Crippen molar-refractivity contribution in [2.24, 2.45) is 0 Å². The highest BCUT2D eigenvalue weighted by Gasteiger charge is 2.29. The molecule has 1 N–H and O–H groups in total. The van der Waals surface area contributed by atoms with E-state index in [9.17, 15) is 13.2 Å². The van der Waals surface area contributed by atoms with Gasteiger partial charge in [0.25, 0.3) is 5.91 Å². The van der Waals surface area contributed by atoms with Gasteiger partial charge in [-0.25, -0.2) is 8.42 Å². The Bertz CT molecular complexity index is 922. The molecular weight excluding hydrogens is 372 g/mol. The molecule has 0 aliphatic carbocycles. The first kappa shape index (κ1) is 18.9. The van der Waals surface area contributed by atoms with E-state index < -0.39 is 15.9 Å². The van der Waals surface area contributed by atoms with Crippen LogP contribution in [0.25, 0.3) is 0 Å². The Kier molecular flexibility index (Phi) is 5.65. The van der Waals surface area contributed by atoms with E-state index in [0.29, 0.717) is 23.8 Å². The average Bonchev–Trinajstić information content (AvgIpc) is 2.65. The summed E-state index contributed by atoms with van der Waals surface area (Å²) in [6, 6.07) is 11.5. The summed E-state index contributed by atoms with van der Waals surface area (Å²) in [4.78, 5) is 12.8. The summed E-state index contributed by atoms with van der Waals surface area (Å²) in [5, 5.41) is 3.28. The van der Waals surface area contributed by atoms with Gasteiger partial charge in [-0.05, 0) is 49.6 Å². The Morgan fingerprint density at radius 1 is 1.08 bits per heavy atom. The Balaban J connectivity index is 1.94. The standard InChI is InChI=1S/C19H21ClN2O3S/c1-14-9-10-15(20)13-17(14)21-19(23)16-7-3-4-8-18(16)26(24,25)22-11-5-2-6-12-22/h3-4,7-10,13H,2,5-6,11-12H2,1H3,(H,21,23). The molecule has 0 aromatic heterocycles. The van der Waals surface area contributed by atoms with E-state index in [4.69, 9.17) is 11.6 Å². The summed E-state index contributed by atoms with van der Waals surface area (Å²) in [5.41, 5.74) is 1.55. The van der Waals surface area contributed by atoms with E-state index >= 15 is 0 Å². The molecule has 1 fully saturated rings. The van der Waals surface area contributed by atoms with Crippen LogP contribution in [0.2, 0.25) is 5.02 Å². The van der Waals surface area contributed by atoms with Gasteiger partial charge in [-0.1, -0.05) is 36.2 Å². The van der Waals surface area contributed by atoms with Crippen LogP contribution < -0.4 is 5.32 Å². The highest BCUT2D eigenvalue weighted by atomic mass is 35.5. The number of hydrogen-bond acceptors (Lipinski definition) is 3. The number of nitrogens with zero attached hydrogens (tertiary/aromatic N) is 1. The van der Waals surface area contributed by atoms with Crippen molar-refractivity contribution < 1.29 is 13.2 Å². The molecule has 2 aromatic rings. The Morgan fingerprint density at radius 3 is 2.50 bits per heavy atom. The van der Waals surface area contributed by atoms with Crippen LogP contribution in [0, 0.1) is 6.92 Å². The number of benzene rings is 2. The van der Waals surface area contributed by atoms with Crippen LogP contribution >= 0.6 is 11.6 Å². The molecule has 0 radical (unpaired) electrons. The Morgan fingerprint density at radius 2 is 1.77 bits per heavy atom. The second-order valence-corrected chi connectivity index (χ2v) is 8.72. The lowest BCUT2D eigenvalue weighted by Gasteiger charge is -2.26. The maximum atomic E-state index is 13.0. The van der Waals surface area contributed by atoms with E-state index in [1.165, 1.54) is 16.4 Å². The lowest BCUT2D eigenvalue weighted by molar-refractivity contribution is 0.102. The predicted molar refractivity (Wildman–Crippen MR) is 103 cm³/mol. The molecule has 7 heteroatoms. The highest BCUT2D eigenvalue weighted by Crippen LogP contribution is 2.26. The topological polar surface area (TPSA) is 66.5 Å². The number of nitrogens with one attached hydrogen (secondary N) is 1. The van der Waals surface area contributed by atoms with Crippen molar-refractivity contribution in [3.05, 3.63) is 58.6 Å². The zero-order valence-corrected chi connectivity index (χ0v) is 16.1. The number of hydrogen-bond donors (Lipinski definition) is 1. The second kappa shape index (κ2) is 7.78. The maximum absolute atomic E-state index is 13.0. The zero-order valence-electron chi connectivity index (χ0n) is 14.5. The van der Waals surface area contributed by atoms with Crippen molar-refractivity contribution >= 4 is 33.2 Å². The summed E-state index contributed by atoms with van der Waals surface area (Å²) in [7, 11) is -3.70. The number of halogens is 1. The minimum absolute atomic E-state index is 0.0408. The van der Waals surface area contributed by atoms with Crippen molar-refractivity contribution in [1.82, 2.24) is 4.31 Å². The van der Waals surface area contributed by atoms with Gasteiger partial charge in [-0.15, -0.1) is 0 Å². The first-order valence-electron chi connectivity index (χ1n) is 8.56. The monoisotopic (exact) mass is 392 g/mol. The molecule has 3 rings (SSSR count). The van der Waals surface area contributed by atoms with Crippen LogP contribution in [0.15, 0.2) is 47.4 Å². The van der Waals surface area contributed by atoms with Crippen molar-refractivity contribution in [1.29, 1.82) is 0 Å². The Labute approximate surface area is 159 Å². The lowest BCUT2D eigenvalue weighted by atomic mass is 10.1. The molecule has 5 nitrogen and oxygen atoms in total. The molecule has 1 aliphatic heterocycles. The van der Waals surface area contributed by atoms with Crippen LogP contribution in [0.4, 0.5) is 5.69 Å². The minimum Gasteiger partial charge on any atom is -0.322 e. The van der Waals surface area contributed by atoms with Gasteiger partial charge in [0, 0.05) is 23.8 Å². The van der Waals surface area contributed by atoms with Crippen LogP contribution in [-0.4, -0.2) is 31.7 Å². The van der Waals surface area contributed by atoms with E-state index in [1.54, 1.807) is 30.3 Å². The van der Waals surface area contributed by atoms with E-state index in [1.807, 2.05) is 6.92 Å². The van der Waals surface area contributed by atoms with Gasteiger partial charge in [0.2, 0.25) is 10.0 Å². The summed E-state index contributed by atoms with van der Waals surface area (Å²) in [6.07, 6.45) is 2.72. The number of piperidine rings is 1. The molecule has 0 saturated carbocycles. The summed E-state index contributed by atoms with van der Waals surface area (Å²) in [5.74, 6) is -0.466. The van der Waals surface area contributed by atoms with E-state index in [-0.39, 0.29) is 10.5 Å². The van der Waals surface area contributed by atoms with Gasteiger partial charge in [0.15, 0.2) is 0 Å². The normalized spacial score (nSPS) is 15.6. The fraction of sp³-hybridized carbons (Fsp3) is 0.316. The Hall–Kier alpha value is -1.89. The molecule has 138 valence electrons. The fourth-order valence-electron chi connectivity index (χ4n) is 3.04. The third kappa shape index (κ3) is 3.92. The highest BCUT2D eigenvalue weighted by molar-refractivity contribution is 7.89. The zero-order chi connectivity index (χ0) is 18.7. The third-order valence-electron chi connectivity index (χ3n) is 4.51.